The number of hydrogen-bond donors (Lipinski definition) is 0. The van der Waals surface area contributed by atoms with Crippen LogP contribution in [0, 0.1) is 13.8 Å². The van der Waals surface area contributed by atoms with Gasteiger partial charge in [0.1, 0.15) is 0 Å². The van der Waals surface area contributed by atoms with Crippen LogP contribution in [0.25, 0.3) is 0 Å². The van der Waals surface area contributed by atoms with Crippen molar-refractivity contribution in [2.75, 3.05) is 6.54 Å². The zero-order valence-corrected chi connectivity index (χ0v) is 8.87. The van der Waals surface area contributed by atoms with E-state index >= 15 is 0 Å². The van der Waals surface area contributed by atoms with Crippen LogP contribution in [0.3, 0.4) is 0 Å². The number of isocyanates is 1. The molecule has 74 valence electrons. The van der Waals surface area contributed by atoms with Crippen molar-refractivity contribution in [1.29, 1.82) is 0 Å². The SMILES string of the molecule is Cc1ccc(C(C)CN=C=O)cc1C. The highest BCUT2D eigenvalue weighted by atomic mass is 16.1. The van der Waals surface area contributed by atoms with E-state index < -0.39 is 0 Å². The van der Waals surface area contributed by atoms with Gasteiger partial charge in [-0.3, -0.25) is 0 Å². The second-order valence-corrected chi connectivity index (χ2v) is 3.68. The van der Waals surface area contributed by atoms with E-state index in [9.17, 15) is 4.79 Å². The fourth-order valence-corrected chi connectivity index (χ4v) is 1.35. The van der Waals surface area contributed by atoms with Crippen molar-refractivity contribution in [2.24, 2.45) is 4.99 Å². The molecule has 0 bridgehead atoms. The first kappa shape index (κ1) is 10.7. The van der Waals surface area contributed by atoms with Gasteiger partial charge >= 0.3 is 0 Å². The third-order valence-electron chi connectivity index (χ3n) is 2.53. The summed E-state index contributed by atoms with van der Waals surface area (Å²) in [5, 5.41) is 0. The highest BCUT2D eigenvalue weighted by molar-refractivity contribution is 5.35. The van der Waals surface area contributed by atoms with E-state index in [2.05, 4.69) is 44.0 Å². The van der Waals surface area contributed by atoms with Crippen molar-refractivity contribution in [3.63, 3.8) is 0 Å². The van der Waals surface area contributed by atoms with Crippen molar-refractivity contribution in [3.05, 3.63) is 34.9 Å². The Morgan fingerprint density at radius 2 is 2.07 bits per heavy atom. The van der Waals surface area contributed by atoms with Crippen molar-refractivity contribution in [3.8, 4) is 0 Å². The van der Waals surface area contributed by atoms with Crippen LogP contribution in [0.5, 0.6) is 0 Å². The lowest BCUT2D eigenvalue weighted by atomic mass is 9.97. The van der Waals surface area contributed by atoms with Gasteiger partial charge in [-0.15, -0.1) is 0 Å². The van der Waals surface area contributed by atoms with Crippen molar-refractivity contribution >= 4 is 6.08 Å². The minimum Gasteiger partial charge on any atom is -0.211 e. The van der Waals surface area contributed by atoms with Crippen molar-refractivity contribution < 1.29 is 4.79 Å². The van der Waals surface area contributed by atoms with E-state index in [1.54, 1.807) is 6.08 Å². The summed E-state index contributed by atoms with van der Waals surface area (Å²) < 4.78 is 0. The first-order chi connectivity index (χ1) is 6.65. The zero-order chi connectivity index (χ0) is 10.6. The molecule has 0 heterocycles. The van der Waals surface area contributed by atoms with Crippen LogP contribution in [0.4, 0.5) is 0 Å². The van der Waals surface area contributed by atoms with Crippen molar-refractivity contribution in [1.82, 2.24) is 0 Å². The Hall–Kier alpha value is -1.40. The molecule has 0 saturated carbocycles. The quantitative estimate of drug-likeness (QED) is 0.531. The number of rotatable bonds is 3. The monoisotopic (exact) mass is 189 g/mol. The molecule has 0 aromatic heterocycles. The van der Waals surface area contributed by atoms with E-state index in [4.69, 9.17) is 0 Å². The molecule has 1 unspecified atom stereocenters. The van der Waals surface area contributed by atoms with E-state index in [-0.39, 0.29) is 5.92 Å². The summed E-state index contributed by atoms with van der Waals surface area (Å²) in [5.74, 6) is 0.288. The molecular formula is C12H15NO. The molecule has 0 aliphatic rings. The summed E-state index contributed by atoms with van der Waals surface area (Å²) in [4.78, 5) is 13.6. The Labute approximate surface area is 84.7 Å². The highest BCUT2D eigenvalue weighted by Gasteiger charge is 2.05. The average Bonchev–Trinajstić information content (AvgIpc) is 2.18. The molecule has 1 rings (SSSR count). The molecule has 1 aromatic rings. The smallest absolute Gasteiger partial charge is 0.211 e. The molecule has 0 radical (unpaired) electrons. The summed E-state index contributed by atoms with van der Waals surface area (Å²) >= 11 is 0. The summed E-state index contributed by atoms with van der Waals surface area (Å²) in [5.41, 5.74) is 3.80. The van der Waals surface area contributed by atoms with Crippen LogP contribution in [0.1, 0.15) is 29.5 Å². The molecular weight excluding hydrogens is 174 g/mol. The van der Waals surface area contributed by atoms with Gasteiger partial charge in [-0.2, -0.15) is 0 Å². The normalized spacial score (nSPS) is 11.9. The van der Waals surface area contributed by atoms with E-state index in [1.165, 1.54) is 16.7 Å². The van der Waals surface area contributed by atoms with Gasteiger partial charge in [-0.25, -0.2) is 9.79 Å². The third kappa shape index (κ3) is 2.54. The number of nitrogens with zero attached hydrogens (tertiary/aromatic N) is 1. The van der Waals surface area contributed by atoms with Crippen LogP contribution < -0.4 is 0 Å². The number of benzene rings is 1. The Balaban J connectivity index is 2.85. The largest absolute Gasteiger partial charge is 0.234 e. The molecule has 1 atom stereocenters. The number of aryl methyl sites for hydroxylation is 2. The van der Waals surface area contributed by atoms with E-state index in [0.29, 0.717) is 6.54 Å². The standard InChI is InChI=1S/C12H15NO/c1-9-4-5-12(6-10(9)2)11(3)7-13-8-14/h4-6,11H,7H2,1-3H3. The van der Waals surface area contributed by atoms with Gasteiger partial charge in [0.25, 0.3) is 0 Å². The molecule has 0 N–H and O–H groups in total. The van der Waals surface area contributed by atoms with Crippen LogP contribution in [0.15, 0.2) is 23.2 Å². The Kier molecular flexibility index (Phi) is 3.61. The topological polar surface area (TPSA) is 29.4 Å². The molecule has 0 fully saturated rings. The lowest BCUT2D eigenvalue weighted by molar-refractivity contribution is 0.561. The van der Waals surface area contributed by atoms with Crippen LogP contribution in [-0.2, 0) is 4.79 Å². The van der Waals surface area contributed by atoms with Crippen LogP contribution in [0.2, 0.25) is 0 Å². The maximum absolute atomic E-state index is 9.97. The lowest BCUT2D eigenvalue weighted by Crippen LogP contribution is -1.98. The number of hydrogen-bond acceptors (Lipinski definition) is 2. The molecule has 14 heavy (non-hydrogen) atoms. The molecule has 0 aliphatic heterocycles. The van der Waals surface area contributed by atoms with Gasteiger partial charge in [-0.1, -0.05) is 25.1 Å². The minimum atomic E-state index is 0.288. The molecule has 0 amide bonds. The Morgan fingerprint density at radius 3 is 2.64 bits per heavy atom. The second kappa shape index (κ2) is 4.73. The Bertz CT molecular complexity index is 365. The molecule has 1 aromatic carbocycles. The second-order valence-electron chi connectivity index (χ2n) is 3.68. The van der Waals surface area contributed by atoms with Gasteiger partial charge in [0.2, 0.25) is 6.08 Å². The Morgan fingerprint density at radius 1 is 1.36 bits per heavy atom. The summed E-state index contributed by atoms with van der Waals surface area (Å²) in [7, 11) is 0. The van der Waals surface area contributed by atoms with Gasteiger partial charge in [0.15, 0.2) is 0 Å². The zero-order valence-electron chi connectivity index (χ0n) is 8.87. The maximum atomic E-state index is 9.97. The minimum absolute atomic E-state index is 0.288. The van der Waals surface area contributed by atoms with Crippen LogP contribution >= 0.6 is 0 Å². The highest BCUT2D eigenvalue weighted by Crippen LogP contribution is 2.18. The van der Waals surface area contributed by atoms with Gasteiger partial charge in [-0.05, 0) is 30.5 Å². The van der Waals surface area contributed by atoms with Crippen LogP contribution in [-0.4, -0.2) is 12.6 Å². The predicted molar refractivity (Wildman–Crippen MR) is 57.3 cm³/mol. The fraction of sp³-hybridized carbons (Fsp3) is 0.417. The molecule has 0 aliphatic carbocycles. The first-order valence-electron chi connectivity index (χ1n) is 4.76. The number of carbonyl (C=O) groups excluding carboxylic acids is 1. The van der Waals surface area contributed by atoms with Gasteiger partial charge < -0.3 is 0 Å². The summed E-state index contributed by atoms with van der Waals surface area (Å²) in [6, 6.07) is 6.35. The molecule has 2 heteroatoms. The summed E-state index contributed by atoms with van der Waals surface area (Å²) in [6.45, 7) is 6.76. The average molecular weight is 189 g/mol. The van der Waals surface area contributed by atoms with E-state index in [0.717, 1.165) is 0 Å². The maximum Gasteiger partial charge on any atom is 0.234 e. The summed E-state index contributed by atoms with van der Waals surface area (Å²) in [6.07, 6.45) is 1.57. The van der Waals surface area contributed by atoms with Crippen molar-refractivity contribution in [2.45, 2.75) is 26.7 Å². The number of aliphatic imine (C=N–C) groups is 1. The van der Waals surface area contributed by atoms with Gasteiger partial charge in [0.05, 0.1) is 6.54 Å². The third-order valence-corrected chi connectivity index (χ3v) is 2.53. The lowest BCUT2D eigenvalue weighted by Gasteiger charge is -2.10. The first-order valence-corrected chi connectivity index (χ1v) is 4.76. The molecule has 0 spiro atoms. The van der Waals surface area contributed by atoms with Gasteiger partial charge in [0, 0.05) is 5.92 Å². The van der Waals surface area contributed by atoms with E-state index in [1.807, 2.05) is 0 Å². The molecule has 0 saturated heterocycles. The fourth-order valence-electron chi connectivity index (χ4n) is 1.35. The predicted octanol–water partition coefficient (Wildman–Crippen LogP) is 2.74. The molecule has 2 nitrogen and oxygen atoms in total.